The Morgan fingerprint density at radius 1 is 1.50 bits per heavy atom. The summed E-state index contributed by atoms with van der Waals surface area (Å²) >= 11 is 0. The molecule has 2 heteroatoms. The topological polar surface area (TPSA) is 26.3 Å². The van der Waals surface area contributed by atoms with E-state index in [2.05, 4.69) is 6.92 Å². The second-order valence-corrected chi connectivity index (χ2v) is 3.29. The van der Waals surface area contributed by atoms with Crippen LogP contribution in [0.4, 0.5) is 0 Å². The van der Waals surface area contributed by atoms with Crippen molar-refractivity contribution in [3.8, 4) is 0 Å². The number of ether oxygens (including phenoxy) is 1. The second kappa shape index (κ2) is 3.15. The van der Waals surface area contributed by atoms with Crippen molar-refractivity contribution < 1.29 is 9.53 Å². The van der Waals surface area contributed by atoms with Crippen molar-refractivity contribution in [3.63, 3.8) is 0 Å². The summed E-state index contributed by atoms with van der Waals surface area (Å²) in [6.07, 6.45) is 3.78. The van der Waals surface area contributed by atoms with Crippen molar-refractivity contribution in [2.45, 2.75) is 26.2 Å². The molecule has 1 fully saturated rings. The zero-order valence-corrected chi connectivity index (χ0v) is 6.43. The van der Waals surface area contributed by atoms with E-state index in [4.69, 9.17) is 4.74 Å². The molecule has 0 atom stereocenters. The first-order valence-electron chi connectivity index (χ1n) is 3.78. The average Bonchev–Trinajstić information content (AvgIpc) is 1.89. The third-order valence-corrected chi connectivity index (χ3v) is 2.28. The molecule has 1 aliphatic heterocycles. The lowest BCUT2D eigenvalue weighted by Gasteiger charge is -2.31. The molecule has 1 saturated heterocycles. The molecule has 0 unspecified atom stereocenters. The molecule has 1 heterocycles. The fourth-order valence-electron chi connectivity index (χ4n) is 1.27. The highest BCUT2D eigenvalue weighted by Crippen LogP contribution is 2.31. The molecule has 0 aromatic rings. The Kier molecular flexibility index (Phi) is 2.44. The number of hydrogen-bond donors (Lipinski definition) is 0. The molecule has 0 amide bonds. The van der Waals surface area contributed by atoms with E-state index in [1.54, 1.807) is 0 Å². The number of aldehydes is 1. The minimum atomic E-state index is 0.236. The highest BCUT2D eigenvalue weighted by atomic mass is 16.5. The van der Waals surface area contributed by atoms with Gasteiger partial charge in [-0.3, -0.25) is 0 Å². The highest BCUT2D eigenvalue weighted by molar-refractivity contribution is 5.50. The first-order valence-corrected chi connectivity index (χ1v) is 3.78. The lowest BCUT2D eigenvalue weighted by molar-refractivity contribution is -0.111. The van der Waals surface area contributed by atoms with Crippen LogP contribution in [0.2, 0.25) is 0 Å². The van der Waals surface area contributed by atoms with Gasteiger partial charge in [-0.15, -0.1) is 0 Å². The van der Waals surface area contributed by atoms with Crippen LogP contribution in [-0.2, 0) is 9.53 Å². The van der Waals surface area contributed by atoms with Crippen LogP contribution in [0.15, 0.2) is 0 Å². The van der Waals surface area contributed by atoms with Crippen LogP contribution in [0.3, 0.4) is 0 Å². The fraction of sp³-hybridized carbons (Fsp3) is 0.875. The maximum atomic E-state index is 10.2. The summed E-state index contributed by atoms with van der Waals surface area (Å²) in [4.78, 5) is 10.2. The van der Waals surface area contributed by atoms with Crippen molar-refractivity contribution >= 4 is 6.29 Å². The third-order valence-electron chi connectivity index (χ3n) is 2.28. The Morgan fingerprint density at radius 3 is 2.60 bits per heavy atom. The van der Waals surface area contributed by atoms with Crippen LogP contribution in [0, 0.1) is 5.41 Å². The van der Waals surface area contributed by atoms with Gasteiger partial charge in [-0.05, 0) is 18.3 Å². The quantitative estimate of drug-likeness (QED) is 0.545. The van der Waals surface area contributed by atoms with E-state index in [1.165, 1.54) is 0 Å². The summed E-state index contributed by atoms with van der Waals surface area (Å²) in [7, 11) is 0. The Hall–Kier alpha value is -0.370. The van der Waals surface area contributed by atoms with Gasteiger partial charge < -0.3 is 9.53 Å². The predicted octanol–water partition coefficient (Wildman–Crippen LogP) is 1.39. The molecule has 0 bridgehead atoms. The molecular weight excluding hydrogens is 128 g/mol. The van der Waals surface area contributed by atoms with Crippen molar-refractivity contribution in [2.75, 3.05) is 13.2 Å². The van der Waals surface area contributed by atoms with Crippen molar-refractivity contribution in [1.29, 1.82) is 0 Å². The minimum Gasteiger partial charge on any atom is -0.381 e. The number of carbonyl (C=O) groups excluding carboxylic acids is 1. The maximum absolute atomic E-state index is 10.2. The average molecular weight is 142 g/mol. The summed E-state index contributed by atoms with van der Waals surface area (Å²) in [6, 6.07) is 0. The maximum Gasteiger partial charge on any atom is 0.120 e. The standard InChI is InChI=1S/C8H14O2/c1-8(2-5-9)3-6-10-7-4-8/h5H,2-4,6-7H2,1H3. The van der Waals surface area contributed by atoms with Crippen LogP contribution >= 0.6 is 0 Å². The molecule has 0 N–H and O–H groups in total. The van der Waals surface area contributed by atoms with Crippen LogP contribution in [-0.4, -0.2) is 19.5 Å². The van der Waals surface area contributed by atoms with Crippen LogP contribution in [0.25, 0.3) is 0 Å². The summed E-state index contributed by atoms with van der Waals surface area (Å²) in [5.41, 5.74) is 0.236. The number of rotatable bonds is 2. The fourth-order valence-corrected chi connectivity index (χ4v) is 1.27. The molecule has 0 aromatic carbocycles. The number of carbonyl (C=O) groups is 1. The van der Waals surface area contributed by atoms with E-state index >= 15 is 0 Å². The van der Waals surface area contributed by atoms with Crippen molar-refractivity contribution in [1.82, 2.24) is 0 Å². The van der Waals surface area contributed by atoms with E-state index in [0.29, 0.717) is 6.42 Å². The van der Waals surface area contributed by atoms with Crippen molar-refractivity contribution in [3.05, 3.63) is 0 Å². The molecule has 0 aromatic heterocycles. The van der Waals surface area contributed by atoms with Gasteiger partial charge in [0.05, 0.1) is 0 Å². The van der Waals surface area contributed by atoms with Crippen LogP contribution in [0.1, 0.15) is 26.2 Å². The predicted molar refractivity (Wildman–Crippen MR) is 38.8 cm³/mol. The van der Waals surface area contributed by atoms with Gasteiger partial charge in [0.1, 0.15) is 6.29 Å². The Balaban J connectivity index is 2.39. The van der Waals surface area contributed by atoms with E-state index < -0.39 is 0 Å². The first-order chi connectivity index (χ1) is 4.77. The van der Waals surface area contributed by atoms with E-state index in [1.807, 2.05) is 0 Å². The van der Waals surface area contributed by atoms with Gasteiger partial charge in [0.25, 0.3) is 0 Å². The van der Waals surface area contributed by atoms with Gasteiger partial charge in [0.15, 0.2) is 0 Å². The van der Waals surface area contributed by atoms with Gasteiger partial charge in [0.2, 0.25) is 0 Å². The van der Waals surface area contributed by atoms with Crippen LogP contribution < -0.4 is 0 Å². The van der Waals surface area contributed by atoms with Crippen LogP contribution in [0.5, 0.6) is 0 Å². The lowest BCUT2D eigenvalue weighted by atomic mass is 9.80. The SMILES string of the molecule is CC1(CC=O)CCOCC1. The van der Waals surface area contributed by atoms with E-state index in [-0.39, 0.29) is 5.41 Å². The third kappa shape index (κ3) is 1.81. The lowest BCUT2D eigenvalue weighted by Crippen LogP contribution is -2.26. The van der Waals surface area contributed by atoms with Gasteiger partial charge >= 0.3 is 0 Å². The molecule has 0 spiro atoms. The molecule has 1 aliphatic rings. The highest BCUT2D eigenvalue weighted by Gasteiger charge is 2.26. The Bertz CT molecular complexity index is 114. The number of hydrogen-bond acceptors (Lipinski definition) is 2. The summed E-state index contributed by atoms with van der Waals surface area (Å²) in [5.74, 6) is 0. The summed E-state index contributed by atoms with van der Waals surface area (Å²) < 4.78 is 5.20. The monoisotopic (exact) mass is 142 g/mol. The molecule has 1 rings (SSSR count). The first kappa shape index (κ1) is 7.73. The molecule has 0 saturated carbocycles. The van der Waals surface area contributed by atoms with Crippen molar-refractivity contribution in [2.24, 2.45) is 5.41 Å². The summed E-state index contributed by atoms with van der Waals surface area (Å²) in [6.45, 7) is 3.80. The minimum absolute atomic E-state index is 0.236. The molecular formula is C8H14O2. The molecule has 2 nitrogen and oxygen atoms in total. The van der Waals surface area contributed by atoms with Gasteiger partial charge in [-0.1, -0.05) is 6.92 Å². The molecule has 0 radical (unpaired) electrons. The second-order valence-electron chi connectivity index (χ2n) is 3.29. The zero-order valence-electron chi connectivity index (χ0n) is 6.43. The largest absolute Gasteiger partial charge is 0.381 e. The zero-order chi connectivity index (χ0) is 7.45. The smallest absolute Gasteiger partial charge is 0.120 e. The molecule has 10 heavy (non-hydrogen) atoms. The van der Waals surface area contributed by atoms with E-state index in [0.717, 1.165) is 32.3 Å². The van der Waals surface area contributed by atoms with Gasteiger partial charge in [-0.2, -0.15) is 0 Å². The summed E-state index contributed by atoms with van der Waals surface area (Å²) in [5, 5.41) is 0. The Morgan fingerprint density at radius 2 is 2.10 bits per heavy atom. The van der Waals surface area contributed by atoms with E-state index in [9.17, 15) is 4.79 Å². The molecule has 58 valence electrons. The van der Waals surface area contributed by atoms with Gasteiger partial charge in [-0.25, -0.2) is 0 Å². The normalized spacial score (nSPS) is 24.1. The molecule has 0 aliphatic carbocycles. The Labute approximate surface area is 61.6 Å². The van der Waals surface area contributed by atoms with Gasteiger partial charge in [0, 0.05) is 19.6 Å².